The van der Waals surface area contributed by atoms with E-state index in [2.05, 4.69) is 428 Å². The van der Waals surface area contributed by atoms with Gasteiger partial charge in [-0.25, -0.2) is 0 Å². The third-order valence-corrected chi connectivity index (χ3v) is 23.4. The Hall–Kier alpha value is -5.98. The molecule has 10 rings (SSSR count). The van der Waals surface area contributed by atoms with Crippen LogP contribution in [0, 0.1) is 12.1 Å². The zero-order valence-electron chi connectivity index (χ0n) is 73.5. The maximum atomic E-state index is 8.56. The fourth-order valence-electron chi connectivity index (χ4n) is 15.1. The molecule has 4 N–H and O–H groups in total. The van der Waals surface area contributed by atoms with Gasteiger partial charge in [0, 0.05) is 0 Å². The Bertz CT molecular complexity index is 3980. The van der Waals surface area contributed by atoms with Gasteiger partial charge in [0.25, 0.3) is 0 Å². The summed E-state index contributed by atoms with van der Waals surface area (Å²) in [7, 11) is 17.5. The average molecular weight is 1870 g/mol. The fraction of sp³-hybridized carbons (Fsp3) is 0.468. The van der Waals surface area contributed by atoms with Crippen molar-refractivity contribution < 1.29 is 59.1 Å². The van der Waals surface area contributed by atoms with E-state index in [0.717, 1.165) is 15.5 Å². The molecule has 0 aromatic heterocycles. The van der Waals surface area contributed by atoms with Crippen molar-refractivity contribution in [3.8, 4) is 44.5 Å². The topological polar surface area (TPSA) is 107 Å². The number of hydrogen-bond donors (Lipinski definition) is 4. The molecule has 4 atom stereocenters. The van der Waals surface area contributed by atoms with Gasteiger partial charge in [-0.2, -0.15) is 0 Å². The van der Waals surface area contributed by atoms with Crippen LogP contribution in [0.15, 0.2) is 158 Å². The molecule has 8 aromatic rings. The van der Waals surface area contributed by atoms with Crippen LogP contribution in [0.3, 0.4) is 0 Å². The van der Waals surface area contributed by atoms with Crippen LogP contribution in [0.2, 0.25) is 0 Å². The summed E-state index contributed by atoms with van der Waals surface area (Å²) in [5.74, 6) is 2.72. The number of anilines is 4. The van der Waals surface area contributed by atoms with Crippen LogP contribution in [-0.4, -0.2) is 156 Å². The quantitative estimate of drug-likeness (QED) is 0.0383. The van der Waals surface area contributed by atoms with Crippen molar-refractivity contribution in [2.45, 2.75) is 236 Å². The van der Waals surface area contributed by atoms with Gasteiger partial charge in [-0.05, 0) is 40.5 Å². The maximum absolute atomic E-state index is 8.56. The summed E-state index contributed by atoms with van der Waals surface area (Å²) in [4.78, 5) is 19.2. The molecule has 4 unspecified atom stereocenters. The Morgan fingerprint density at radius 3 is 0.795 bits per heavy atom. The van der Waals surface area contributed by atoms with E-state index in [4.69, 9.17) is 20.4 Å². The molecule has 2 fully saturated rings. The minimum absolute atomic E-state index is 0.0701. The molecule has 2 aliphatic heterocycles. The van der Waals surface area contributed by atoms with E-state index in [9.17, 15) is 0 Å². The van der Waals surface area contributed by atoms with Crippen LogP contribution in [0.1, 0.15) is 245 Å². The first-order valence-electron chi connectivity index (χ1n) is 40.6. The Morgan fingerprint density at radius 2 is 0.562 bits per heavy atom. The second kappa shape index (κ2) is 40.2. The van der Waals surface area contributed by atoms with Crippen LogP contribution < -0.4 is 19.2 Å². The molecule has 0 spiro atoms. The summed E-state index contributed by atoms with van der Waals surface area (Å²) in [6, 6.07) is 67.0. The summed E-state index contributed by atoms with van der Waals surface area (Å²) in [5, 5.41) is 34.3. The minimum atomic E-state index is -0.375. The average Bonchev–Trinajstić information content (AvgIpc) is 1.59. The molecule has 0 bridgehead atoms. The number of rotatable bonds is 22. The summed E-state index contributed by atoms with van der Waals surface area (Å²) >= 11 is 5.04. The van der Waals surface area contributed by atoms with E-state index in [1.54, 1.807) is 27.7 Å². The van der Waals surface area contributed by atoms with E-state index in [1.807, 2.05) is 0 Å². The van der Waals surface area contributed by atoms with Crippen molar-refractivity contribution >= 4 is 58.5 Å². The van der Waals surface area contributed by atoms with E-state index < -0.39 is 0 Å². The van der Waals surface area contributed by atoms with Crippen molar-refractivity contribution in [2.75, 3.05) is 75.6 Å². The van der Waals surface area contributed by atoms with Crippen LogP contribution >= 0.6 is 0 Å². The number of aliphatic hydroxyl groups is 4. The SMILES string of the molecule is CC(C)c1cc(C(C)C)c(-c2c[c-]c(N3B(N(C)C)B(N(C)C)N(c4ccc(-c5c(C(C)C)cc(C(C)C)cc5C(C)C)cc4)[C]3=[Pt])cc2)c(C(C)C)c1.CC(O)CC(C)O.CC(O)CC(C)O.CN(C)B1B(N(C)C)N(c2ccc(-c3ccc(C(C)(C)C)cc3)cc2)[C](=[Pt])N1c1[c-]cc(-c2ccc(C(C)(C)C)cc2)cc1. The molecule has 2 saturated heterocycles. The number of aliphatic hydroxyl groups excluding tert-OH is 4. The summed E-state index contributed by atoms with van der Waals surface area (Å²) in [5.41, 5.74) is 26.3. The standard InChI is InChI=1S/C47H65B2N4.C37H45B2N4.2C5H12O2.2Pt/c1-30(2)38-25-42(32(5)6)46(43(26-38)33(7)8)36-17-21-40(22-18-36)52-29-53(49(51(15)16)48(52)50(13)14)41-23-19-37(20-24-41)47-44(34(9)10)27-39(31(3)4)28-45(47)35(11)12;1-36(2,3)32-19-11-28(12-20-32)30-15-23-34(24-16-30)42-27-43(39(41(9)10)38(42)40(7)8)35-25-17-31(18-26-35)29-13-21-33(22-14-29)37(4,5)6;2*1-4(6)3-5(2)7;;/h17-23,25-28,30-35H,1-16H3;11-25H,1-10H3;2*4-7H,3H2,1-2H3;;/q2*-1;;;;. The molecular weight excluding hydrogens is 1740 g/mol. The van der Waals surface area contributed by atoms with Crippen molar-refractivity contribution in [2.24, 2.45) is 0 Å². The molecule has 0 saturated carbocycles. The predicted octanol–water partition coefficient (Wildman–Crippen LogP) is 19.5. The molecule has 0 aliphatic carbocycles. The molecule has 0 radical (unpaired) electrons. The predicted molar refractivity (Wildman–Crippen MR) is 481 cm³/mol. The molecule has 0 amide bonds. The first kappa shape index (κ1) is 93.2. The molecule has 608 valence electrons. The third-order valence-electron chi connectivity index (χ3n) is 21.2. The normalized spacial score (nSPS) is 14.8. The van der Waals surface area contributed by atoms with Gasteiger partial charge in [0.05, 0.1) is 24.4 Å². The molecule has 12 nitrogen and oxygen atoms in total. The summed E-state index contributed by atoms with van der Waals surface area (Å²) < 4.78 is 2.33. The molecule has 18 heteroatoms. The number of nitrogens with zero attached hydrogens (tertiary/aromatic N) is 8. The Balaban J connectivity index is 0.000000268. The van der Waals surface area contributed by atoms with Gasteiger partial charge in [-0.3, -0.25) is 0 Å². The Kier molecular flexibility index (Phi) is 33.5. The number of hydrogen-bond acceptors (Lipinski definition) is 12. The van der Waals surface area contributed by atoms with Crippen molar-refractivity contribution in [1.29, 1.82) is 0 Å². The summed E-state index contributed by atoms with van der Waals surface area (Å²) in [6.07, 6.45) is -0.556. The third kappa shape index (κ3) is 23.2. The van der Waals surface area contributed by atoms with E-state index >= 15 is 0 Å². The Labute approximate surface area is 702 Å². The zero-order valence-corrected chi connectivity index (χ0v) is 78.1. The van der Waals surface area contributed by atoms with Gasteiger partial charge in [0.15, 0.2) is 0 Å². The van der Waals surface area contributed by atoms with Crippen molar-refractivity contribution in [3.05, 3.63) is 214 Å². The van der Waals surface area contributed by atoms with Crippen molar-refractivity contribution in [3.63, 3.8) is 0 Å². The molecule has 2 heterocycles. The van der Waals surface area contributed by atoms with Gasteiger partial charge in [0.1, 0.15) is 0 Å². The Morgan fingerprint density at radius 1 is 0.321 bits per heavy atom. The zero-order chi connectivity index (χ0) is 83.6. The second-order valence-corrected chi connectivity index (χ2v) is 38.1. The van der Waals surface area contributed by atoms with Crippen LogP contribution in [0.4, 0.5) is 22.7 Å². The summed E-state index contributed by atoms with van der Waals surface area (Å²) in [6.45, 7) is 48.4. The van der Waals surface area contributed by atoms with Crippen LogP contribution in [0.5, 0.6) is 0 Å². The van der Waals surface area contributed by atoms with Crippen LogP contribution in [-0.2, 0) is 49.5 Å². The monoisotopic (exact) mass is 1870 g/mol. The first-order chi connectivity index (χ1) is 52.3. The van der Waals surface area contributed by atoms with Gasteiger partial charge in [-0.1, -0.05) is 0 Å². The fourth-order valence-corrected chi connectivity index (χ4v) is 17.4. The molecule has 2 aliphatic rings. The van der Waals surface area contributed by atoms with E-state index in [-0.39, 0.29) is 62.7 Å². The van der Waals surface area contributed by atoms with Gasteiger partial charge in [0.2, 0.25) is 0 Å². The van der Waals surface area contributed by atoms with Crippen molar-refractivity contribution in [1.82, 2.24) is 19.2 Å². The second-order valence-electron chi connectivity index (χ2n) is 36.1. The number of benzene rings is 8. The van der Waals surface area contributed by atoms with Gasteiger partial charge < -0.3 is 20.4 Å². The first-order valence-corrected chi connectivity index (χ1v) is 42.9. The molecular formula is C94H134B4N8O4Pt2-2. The molecule has 112 heavy (non-hydrogen) atoms. The van der Waals surface area contributed by atoms with E-state index in [0.29, 0.717) is 48.3 Å². The van der Waals surface area contributed by atoms with Gasteiger partial charge in [-0.15, -0.1) is 0 Å². The molecule has 8 aromatic carbocycles. The van der Waals surface area contributed by atoms with E-state index in [1.165, 1.54) is 105 Å². The van der Waals surface area contributed by atoms with Gasteiger partial charge >= 0.3 is 622 Å². The van der Waals surface area contributed by atoms with Crippen LogP contribution in [0.25, 0.3) is 44.5 Å².